The average molecular weight is 389 g/mol. The zero-order valence-corrected chi connectivity index (χ0v) is 14.2. The molecule has 0 spiro atoms. The fourth-order valence-corrected chi connectivity index (χ4v) is 2.58. The lowest BCUT2D eigenvalue weighted by Gasteiger charge is -2.10. The van der Waals surface area contributed by atoms with E-state index in [0.717, 1.165) is 5.56 Å². The van der Waals surface area contributed by atoms with Crippen molar-refractivity contribution in [2.45, 2.75) is 6.92 Å². The summed E-state index contributed by atoms with van der Waals surface area (Å²) in [6, 6.07) is 10.4. The molecule has 0 aliphatic heterocycles. The lowest BCUT2D eigenvalue weighted by atomic mass is 10.2. The highest BCUT2D eigenvalue weighted by molar-refractivity contribution is 9.10. The molecule has 1 N–H and O–H groups in total. The van der Waals surface area contributed by atoms with Gasteiger partial charge in [0.05, 0.1) is 4.47 Å². The molecular weight excluding hydrogens is 377 g/mol. The van der Waals surface area contributed by atoms with Crippen molar-refractivity contribution in [3.05, 3.63) is 56.5 Å². The van der Waals surface area contributed by atoms with E-state index in [4.69, 9.17) is 27.9 Å². The highest BCUT2D eigenvalue weighted by Crippen LogP contribution is 2.28. The van der Waals surface area contributed by atoms with Crippen LogP contribution < -0.4 is 10.1 Å². The van der Waals surface area contributed by atoms with E-state index in [0.29, 0.717) is 26.0 Å². The van der Waals surface area contributed by atoms with Crippen molar-refractivity contribution < 1.29 is 9.53 Å². The van der Waals surface area contributed by atoms with Crippen molar-refractivity contribution in [2.24, 2.45) is 0 Å². The van der Waals surface area contributed by atoms with E-state index in [1.54, 1.807) is 30.3 Å². The maximum Gasteiger partial charge on any atom is 0.262 e. The SMILES string of the molecule is Cc1ccc(NC(=O)COc2ccc(Cl)cc2Br)cc1Cl. The van der Waals surface area contributed by atoms with Crippen molar-refractivity contribution in [2.75, 3.05) is 11.9 Å². The third kappa shape index (κ3) is 4.63. The average Bonchev–Trinajstić information content (AvgIpc) is 2.42. The number of ether oxygens (including phenoxy) is 1. The number of benzene rings is 2. The van der Waals surface area contributed by atoms with E-state index >= 15 is 0 Å². The Labute approximate surface area is 141 Å². The molecule has 0 radical (unpaired) electrons. The fourth-order valence-electron chi connectivity index (χ4n) is 1.60. The number of carbonyl (C=O) groups excluding carboxylic acids is 1. The molecular formula is C15H12BrCl2NO2. The fraction of sp³-hybridized carbons (Fsp3) is 0.133. The van der Waals surface area contributed by atoms with Crippen LogP contribution in [-0.2, 0) is 4.79 Å². The van der Waals surface area contributed by atoms with Gasteiger partial charge >= 0.3 is 0 Å². The Kier molecular flexibility index (Phi) is 5.51. The van der Waals surface area contributed by atoms with E-state index in [1.165, 1.54) is 0 Å². The number of hydrogen-bond acceptors (Lipinski definition) is 2. The second-order valence-electron chi connectivity index (χ2n) is 4.38. The summed E-state index contributed by atoms with van der Waals surface area (Å²) in [7, 11) is 0. The smallest absolute Gasteiger partial charge is 0.262 e. The summed E-state index contributed by atoms with van der Waals surface area (Å²) in [5.74, 6) is 0.285. The molecule has 21 heavy (non-hydrogen) atoms. The van der Waals surface area contributed by atoms with Gasteiger partial charge in [0.2, 0.25) is 0 Å². The quantitative estimate of drug-likeness (QED) is 0.792. The van der Waals surface area contributed by atoms with Gasteiger partial charge in [0.1, 0.15) is 5.75 Å². The molecule has 0 heterocycles. The van der Waals surface area contributed by atoms with Crippen LogP contribution in [0, 0.1) is 6.92 Å². The summed E-state index contributed by atoms with van der Waals surface area (Å²) in [6.07, 6.45) is 0. The molecule has 2 rings (SSSR count). The lowest BCUT2D eigenvalue weighted by molar-refractivity contribution is -0.118. The number of carbonyl (C=O) groups is 1. The van der Waals surface area contributed by atoms with Gasteiger partial charge in [0.15, 0.2) is 6.61 Å². The first-order valence-corrected chi connectivity index (χ1v) is 7.64. The zero-order valence-electron chi connectivity index (χ0n) is 11.1. The maximum atomic E-state index is 11.8. The highest BCUT2D eigenvalue weighted by Gasteiger charge is 2.07. The standard InChI is InChI=1S/C15H12BrCl2NO2/c1-9-2-4-11(7-13(9)18)19-15(20)8-21-14-5-3-10(17)6-12(14)16/h2-7H,8H2,1H3,(H,19,20). The van der Waals surface area contributed by atoms with Crippen LogP contribution in [0.4, 0.5) is 5.69 Å². The van der Waals surface area contributed by atoms with Crippen LogP contribution in [0.25, 0.3) is 0 Å². The predicted octanol–water partition coefficient (Wildman–Crippen LogP) is 5.08. The van der Waals surface area contributed by atoms with Gasteiger partial charge in [-0.1, -0.05) is 29.3 Å². The van der Waals surface area contributed by atoms with Crippen LogP contribution in [0.3, 0.4) is 0 Å². The molecule has 0 fully saturated rings. The second kappa shape index (κ2) is 7.16. The van der Waals surface area contributed by atoms with Gasteiger partial charge in [-0.2, -0.15) is 0 Å². The first-order chi connectivity index (χ1) is 9.95. The molecule has 0 unspecified atom stereocenters. The Morgan fingerprint density at radius 3 is 2.67 bits per heavy atom. The Balaban J connectivity index is 1.94. The molecule has 0 saturated heterocycles. The molecule has 0 aromatic heterocycles. The molecule has 0 bridgehead atoms. The number of aryl methyl sites for hydroxylation is 1. The monoisotopic (exact) mass is 387 g/mol. The van der Waals surface area contributed by atoms with Gasteiger partial charge in [0, 0.05) is 15.7 Å². The Bertz CT molecular complexity index is 677. The minimum absolute atomic E-state index is 0.105. The number of nitrogens with one attached hydrogen (secondary N) is 1. The highest BCUT2D eigenvalue weighted by atomic mass is 79.9. The van der Waals surface area contributed by atoms with Gasteiger partial charge in [0.25, 0.3) is 5.91 Å². The number of anilines is 1. The zero-order chi connectivity index (χ0) is 15.4. The summed E-state index contributed by atoms with van der Waals surface area (Å²) >= 11 is 15.2. The molecule has 0 aliphatic carbocycles. The predicted molar refractivity (Wildman–Crippen MR) is 89.5 cm³/mol. The van der Waals surface area contributed by atoms with Gasteiger partial charge in [-0.15, -0.1) is 0 Å². The minimum atomic E-state index is -0.267. The summed E-state index contributed by atoms with van der Waals surface area (Å²) in [4.78, 5) is 11.8. The third-order valence-electron chi connectivity index (χ3n) is 2.71. The van der Waals surface area contributed by atoms with E-state index in [9.17, 15) is 4.79 Å². The Hall–Kier alpha value is -1.23. The first-order valence-electron chi connectivity index (χ1n) is 6.09. The van der Waals surface area contributed by atoms with E-state index in [2.05, 4.69) is 21.2 Å². The van der Waals surface area contributed by atoms with E-state index in [1.807, 2.05) is 13.0 Å². The van der Waals surface area contributed by atoms with Gasteiger partial charge in [-0.25, -0.2) is 0 Å². The molecule has 3 nitrogen and oxygen atoms in total. The molecule has 2 aromatic rings. The van der Waals surface area contributed by atoms with Crippen molar-refractivity contribution in [1.29, 1.82) is 0 Å². The summed E-state index contributed by atoms with van der Waals surface area (Å²) in [5, 5.41) is 3.92. The normalized spacial score (nSPS) is 10.3. The molecule has 1 amide bonds. The first kappa shape index (κ1) is 16.1. The van der Waals surface area contributed by atoms with Crippen LogP contribution in [0.1, 0.15) is 5.56 Å². The molecule has 0 saturated carbocycles. The van der Waals surface area contributed by atoms with Crippen LogP contribution in [0.2, 0.25) is 10.0 Å². The van der Waals surface area contributed by atoms with Crippen LogP contribution in [0.15, 0.2) is 40.9 Å². The van der Waals surface area contributed by atoms with Gasteiger partial charge < -0.3 is 10.1 Å². The van der Waals surface area contributed by atoms with Crippen LogP contribution in [-0.4, -0.2) is 12.5 Å². The minimum Gasteiger partial charge on any atom is -0.483 e. The molecule has 110 valence electrons. The van der Waals surface area contributed by atoms with Crippen LogP contribution in [0.5, 0.6) is 5.75 Å². The van der Waals surface area contributed by atoms with Crippen LogP contribution >= 0.6 is 39.1 Å². The molecule has 2 aromatic carbocycles. The van der Waals surface area contributed by atoms with E-state index < -0.39 is 0 Å². The Morgan fingerprint density at radius 2 is 2.00 bits per heavy atom. The molecule has 0 atom stereocenters. The van der Waals surface area contributed by atoms with Gasteiger partial charge in [-0.05, 0) is 58.7 Å². The second-order valence-corrected chi connectivity index (χ2v) is 6.07. The topological polar surface area (TPSA) is 38.3 Å². The largest absolute Gasteiger partial charge is 0.483 e. The number of halogens is 3. The van der Waals surface area contributed by atoms with E-state index in [-0.39, 0.29) is 12.5 Å². The number of hydrogen-bond donors (Lipinski definition) is 1. The third-order valence-corrected chi connectivity index (χ3v) is 3.97. The number of amides is 1. The van der Waals surface area contributed by atoms with Crippen molar-refractivity contribution >= 4 is 50.7 Å². The summed E-state index contributed by atoms with van der Waals surface area (Å²) in [5.41, 5.74) is 1.59. The lowest BCUT2D eigenvalue weighted by Crippen LogP contribution is -2.20. The van der Waals surface area contributed by atoms with Crippen molar-refractivity contribution in [1.82, 2.24) is 0 Å². The van der Waals surface area contributed by atoms with Crippen molar-refractivity contribution in [3.63, 3.8) is 0 Å². The summed E-state index contributed by atoms with van der Waals surface area (Å²) in [6.45, 7) is 1.79. The summed E-state index contributed by atoms with van der Waals surface area (Å²) < 4.78 is 6.12. The molecule has 6 heteroatoms. The molecule has 0 aliphatic rings. The number of rotatable bonds is 4. The maximum absolute atomic E-state index is 11.8. The Morgan fingerprint density at radius 1 is 1.24 bits per heavy atom. The van der Waals surface area contributed by atoms with Crippen molar-refractivity contribution in [3.8, 4) is 5.75 Å². The van der Waals surface area contributed by atoms with Gasteiger partial charge in [-0.3, -0.25) is 4.79 Å².